The van der Waals surface area contributed by atoms with Crippen LogP contribution in [0.5, 0.6) is 11.5 Å². The van der Waals surface area contributed by atoms with E-state index in [0.717, 1.165) is 38.2 Å². The lowest BCUT2D eigenvalue weighted by Crippen LogP contribution is -2.26. The first kappa shape index (κ1) is 22.3. The minimum atomic E-state index is -0.544. The van der Waals surface area contributed by atoms with Crippen molar-refractivity contribution < 1.29 is 23.8 Å². The molecule has 0 unspecified atom stereocenters. The standard InChI is InChI=1S/C23H24N2O5S/c1-4-30-21(27)13-19(26)24-14-20-25-22(15-5-9-17(28-2)10-6-15)23(31-20)16-7-11-18(29-3)12-8-16/h5-12H,4,13-14H2,1-3H3,(H,24,26). The second-order valence-electron chi connectivity index (χ2n) is 6.50. The number of carbonyl (C=O) groups is 2. The average Bonchev–Trinajstić information content (AvgIpc) is 3.22. The SMILES string of the molecule is CCOC(=O)CC(=O)NCc1nc(-c2ccc(OC)cc2)c(-c2ccc(OC)cc2)s1. The number of nitrogens with one attached hydrogen (secondary N) is 1. The average molecular weight is 441 g/mol. The molecule has 1 N–H and O–H groups in total. The quantitative estimate of drug-likeness (QED) is 0.399. The number of hydrogen-bond donors (Lipinski definition) is 1. The molecule has 0 radical (unpaired) electrons. The van der Waals surface area contributed by atoms with Crippen LogP contribution in [0.2, 0.25) is 0 Å². The first-order chi connectivity index (χ1) is 15.0. The van der Waals surface area contributed by atoms with Crippen LogP contribution in [0.3, 0.4) is 0 Å². The number of rotatable bonds is 9. The second-order valence-corrected chi connectivity index (χ2v) is 7.58. The van der Waals surface area contributed by atoms with E-state index in [-0.39, 0.29) is 19.6 Å². The maximum atomic E-state index is 12.0. The van der Waals surface area contributed by atoms with Crippen LogP contribution in [-0.4, -0.2) is 37.7 Å². The van der Waals surface area contributed by atoms with Crippen molar-refractivity contribution in [1.29, 1.82) is 0 Å². The summed E-state index contributed by atoms with van der Waals surface area (Å²) in [6.45, 7) is 2.17. The van der Waals surface area contributed by atoms with E-state index in [1.54, 1.807) is 21.1 Å². The molecule has 162 valence electrons. The monoisotopic (exact) mass is 440 g/mol. The van der Waals surface area contributed by atoms with Crippen molar-refractivity contribution >= 4 is 23.2 Å². The minimum Gasteiger partial charge on any atom is -0.497 e. The number of carbonyl (C=O) groups excluding carboxylic acids is 2. The van der Waals surface area contributed by atoms with Gasteiger partial charge in [-0.2, -0.15) is 0 Å². The summed E-state index contributed by atoms with van der Waals surface area (Å²) in [4.78, 5) is 29.2. The lowest BCUT2D eigenvalue weighted by molar-refractivity contribution is -0.146. The maximum absolute atomic E-state index is 12.0. The van der Waals surface area contributed by atoms with Gasteiger partial charge in [0.1, 0.15) is 22.9 Å². The van der Waals surface area contributed by atoms with Gasteiger partial charge < -0.3 is 19.5 Å². The van der Waals surface area contributed by atoms with Crippen molar-refractivity contribution in [1.82, 2.24) is 10.3 Å². The normalized spacial score (nSPS) is 10.4. The number of thiazole rings is 1. The van der Waals surface area contributed by atoms with Gasteiger partial charge in [0.25, 0.3) is 0 Å². The van der Waals surface area contributed by atoms with Crippen LogP contribution in [0.25, 0.3) is 21.7 Å². The predicted octanol–water partition coefficient (Wildman–Crippen LogP) is 4.06. The summed E-state index contributed by atoms with van der Waals surface area (Å²) in [7, 11) is 3.25. The number of methoxy groups -OCH3 is 2. The topological polar surface area (TPSA) is 86.8 Å². The van der Waals surface area contributed by atoms with E-state index >= 15 is 0 Å². The van der Waals surface area contributed by atoms with Crippen LogP contribution in [0, 0.1) is 0 Å². The Morgan fingerprint density at radius 3 is 2.06 bits per heavy atom. The number of benzene rings is 2. The van der Waals surface area contributed by atoms with Gasteiger partial charge in [0.15, 0.2) is 0 Å². The number of nitrogens with zero attached hydrogens (tertiary/aromatic N) is 1. The molecule has 0 aliphatic heterocycles. The Labute approximate surface area is 185 Å². The van der Waals surface area contributed by atoms with Gasteiger partial charge in [0.2, 0.25) is 5.91 Å². The summed E-state index contributed by atoms with van der Waals surface area (Å²) in [6.07, 6.45) is -0.310. The number of ether oxygens (including phenoxy) is 3. The highest BCUT2D eigenvalue weighted by molar-refractivity contribution is 7.15. The number of aromatic nitrogens is 1. The molecule has 31 heavy (non-hydrogen) atoms. The molecule has 0 fully saturated rings. The number of hydrogen-bond acceptors (Lipinski definition) is 7. The maximum Gasteiger partial charge on any atom is 0.315 e. The van der Waals surface area contributed by atoms with Gasteiger partial charge in [-0.25, -0.2) is 4.98 Å². The molecule has 8 heteroatoms. The summed E-state index contributed by atoms with van der Waals surface area (Å²) in [6, 6.07) is 15.4. The minimum absolute atomic E-state index is 0.224. The molecule has 0 bridgehead atoms. The fourth-order valence-corrected chi connectivity index (χ4v) is 3.93. The van der Waals surface area contributed by atoms with Gasteiger partial charge in [-0.05, 0) is 61.0 Å². The molecule has 7 nitrogen and oxygen atoms in total. The van der Waals surface area contributed by atoms with Crippen LogP contribution >= 0.6 is 11.3 Å². The molecule has 3 rings (SSSR count). The van der Waals surface area contributed by atoms with Crippen LogP contribution < -0.4 is 14.8 Å². The third-order valence-corrected chi connectivity index (χ3v) is 5.54. The summed E-state index contributed by atoms with van der Waals surface area (Å²) in [5.74, 6) is 0.588. The molecule has 0 aliphatic rings. The summed E-state index contributed by atoms with van der Waals surface area (Å²) >= 11 is 1.49. The molecule has 1 aromatic heterocycles. The second kappa shape index (κ2) is 10.6. The zero-order valence-electron chi connectivity index (χ0n) is 17.6. The Bertz CT molecular complexity index is 964. The highest BCUT2D eigenvalue weighted by atomic mass is 32.1. The lowest BCUT2D eigenvalue weighted by atomic mass is 10.1. The van der Waals surface area contributed by atoms with Gasteiger partial charge in [0.05, 0.1) is 37.9 Å². The lowest BCUT2D eigenvalue weighted by Gasteiger charge is -2.05. The Morgan fingerprint density at radius 1 is 0.935 bits per heavy atom. The summed E-state index contributed by atoms with van der Waals surface area (Å²) in [5.41, 5.74) is 2.74. The van der Waals surface area contributed by atoms with E-state index in [4.69, 9.17) is 19.2 Å². The van der Waals surface area contributed by atoms with E-state index in [9.17, 15) is 9.59 Å². The summed E-state index contributed by atoms with van der Waals surface area (Å²) < 4.78 is 15.3. The van der Waals surface area contributed by atoms with Gasteiger partial charge in [-0.15, -0.1) is 11.3 Å². The van der Waals surface area contributed by atoms with Crippen LogP contribution in [0.1, 0.15) is 18.4 Å². The van der Waals surface area contributed by atoms with Crippen LogP contribution in [0.15, 0.2) is 48.5 Å². The molecular weight excluding hydrogens is 416 g/mol. The molecule has 3 aromatic rings. The first-order valence-electron chi connectivity index (χ1n) is 9.75. The van der Waals surface area contributed by atoms with Crippen molar-refractivity contribution in [2.24, 2.45) is 0 Å². The molecular formula is C23H24N2O5S. The van der Waals surface area contributed by atoms with E-state index in [1.807, 2.05) is 48.5 Å². The fraction of sp³-hybridized carbons (Fsp3) is 0.261. The van der Waals surface area contributed by atoms with E-state index in [0.29, 0.717) is 0 Å². The third kappa shape index (κ3) is 5.82. The number of amides is 1. The third-order valence-electron chi connectivity index (χ3n) is 4.43. The summed E-state index contributed by atoms with van der Waals surface area (Å²) in [5, 5.41) is 3.47. The highest BCUT2D eigenvalue weighted by Gasteiger charge is 2.17. The van der Waals surface area contributed by atoms with Crippen molar-refractivity contribution in [3.05, 3.63) is 53.5 Å². The van der Waals surface area contributed by atoms with Gasteiger partial charge >= 0.3 is 5.97 Å². The molecule has 0 atom stereocenters. The van der Waals surface area contributed by atoms with Gasteiger partial charge in [0, 0.05) is 5.56 Å². The highest BCUT2D eigenvalue weighted by Crippen LogP contribution is 2.38. The van der Waals surface area contributed by atoms with Crippen molar-refractivity contribution in [3.8, 4) is 33.2 Å². The Kier molecular flexibility index (Phi) is 7.61. The smallest absolute Gasteiger partial charge is 0.315 e. The molecule has 1 heterocycles. The van der Waals surface area contributed by atoms with Crippen LogP contribution in [-0.2, 0) is 20.9 Å². The van der Waals surface area contributed by atoms with E-state index in [2.05, 4.69) is 5.32 Å². The first-order valence-corrected chi connectivity index (χ1v) is 10.6. The molecule has 0 spiro atoms. The number of esters is 1. The van der Waals surface area contributed by atoms with Crippen molar-refractivity contribution in [2.45, 2.75) is 19.9 Å². The van der Waals surface area contributed by atoms with E-state index in [1.165, 1.54) is 11.3 Å². The van der Waals surface area contributed by atoms with Crippen molar-refractivity contribution in [3.63, 3.8) is 0 Å². The van der Waals surface area contributed by atoms with Crippen molar-refractivity contribution in [2.75, 3.05) is 20.8 Å². The Balaban J connectivity index is 1.86. The molecule has 1 amide bonds. The Morgan fingerprint density at radius 2 is 1.52 bits per heavy atom. The predicted molar refractivity (Wildman–Crippen MR) is 119 cm³/mol. The Hall–Kier alpha value is -3.39. The molecule has 0 saturated heterocycles. The molecule has 0 aliphatic carbocycles. The van der Waals surface area contributed by atoms with Crippen LogP contribution in [0.4, 0.5) is 0 Å². The van der Waals surface area contributed by atoms with Gasteiger partial charge in [-0.3, -0.25) is 9.59 Å². The van der Waals surface area contributed by atoms with Gasteiger partial charge in [-0.1, -0.05) is 0 Å². The fourth-order valence-electron chi connectivity index (χ4n) is 2.90. The molecule has 2 aromatic carbocycles. The zero-order valence-corrected chi connectivity index (χ0v) is 18.5. The molecule has 0 saturated carbocycles. The van der Waals surface area contributed by atoms with E-state index < -0.39 is 11.9 Å². The zero-order chi connectivity index (χ0) is 22.2. The largest absolute Gasteiger partial charge is 0.497 e.